The van der Waals surface area contributed by atoms with E-state index < -0.39 is 0 Å². The van der Waals surface area contributed by atoms with Gasteiger partial charge in [0.25, 0.3) is 0 Å². The van der Waals surface area contributed by atoms with Gasteiger partial charge in [-0.3, -0.25) is 9.59 Å². The van der Waals surface area contributed by atoms with Crippen LogP contribution in [0.3, 0.4) is 0 Å². The zero-order chi connectivity index (χ0) is 17.3. The Morgan fingerprint density at radius 3 is 2.71 bits per heavy atom. The summed E-state index contributed by atoms with van der Waals surface area (Å²) in [5, 5.41) is 3.66. The van der Waals surface area contributed by atoms with Gasteiger partial charge in [0.05, 0.1) is 12.5 Å². The number of carbonyl (C=O) groups is 2. The predicted molar refractivity (Wildman–Crippen MR) is 88.9 cm³/mol. The zero-order valence-electron chi connectivity index (χ0n) is 13.7. The van der Waals surface area contributed by atoms with E-state index in [0.29, 0.717) is 30.7 Å². The van der Waals surface area contributed by atoms with Crippen LogP contribution in [0, 0.1) is 19.8 Å². The van der Waals surface area contributed by atoms with Gasteiger partial charge in [0.15, 0.2) is 0 Å². The van der Waals surface area contributed by atoms with E-state index in [1.54, 1.807) is 6.07 Å². The molecule has 0 saturated carbocycles. The molecule has 0 bridgehead atoms. The van der Waals surface area contributed by atoms with Crippen molar-refractivity contribution in [2.45, 2.75) is 33.1 Å². The molecule has 1 N–H and O–H groups in total. The van der Waals surface area contributed by atoms with Crippen LogP contribution in [0.4, 0.5) is 5.69 Å². The summed E-state index contributed by atoms with van der Waals surface area (Å²) in [4.78, 5) is 35.0. The first-order chi connectivity index (χ1) is 11.4. The molecular formula is C18H19NO5. The lowest BCUT2D eigenvalue weighted by Gasteiger charge is -2.11. The Morgan fingerprint density at radius 2 is 2.00 bits per heavy atom. The minimum Gasteiger partial charge on any atom is -0.465 e. The molecule has 1 unspecified atom stereocenters. The number of esters is 1. The van der Waals surface area contributed by atoms with Crippen LogP contribution in [0.2, 0.25) is 0 Å². The minimum atomic E-state index is -0.389. The van der Waals surface area contributed by atoms with Gasteiger partial charge in [-0.05, 0) is 49.9 Å². The molecule has 1 fully saturated rings. The number of fused-ring (bicyclic) bond motifs is 1. The molecule has 3 rings (SSSR count). The molecule has 0 radical (unpaired) electrons. The summed E-state index contributed by atoms with van der Waals surface area (Å²) >= 11 is 0. The number of carbonyl (C=O) groups excluding carboxylic acids is 2. The van der Waals surface area contributed by atoms with Crippen molar-refractivity contribution in [3.8, 4) is 0 Å². The van der Waals surface area contributed by atoms with Crippen molar-refractivity contribution in [3.63, 3.8) is 0 Å². The number of benzene rings is 1. The van der Waals surface area contributed by atoms with Crippen molar-refractivity contribution in [3.05, 3.63) is 39.7 Å². The van der Waals surface area contributed by atoms with Crippen LogP contribution >= 0.6 is 0 Å². The Kier molecular flexibility index (Phi) is 4.38. The molecule has 1 saturated heterocycles. The third kappa shape index (κ3) is 3.32. The highest BCUT2D eigenvalue weighted by Crippen LogP contribution is 2.26. The van der Waals surface area contributed by atoms with Gasteiger partial charge in [0, 0.05) is 23.6 Å². The fraction of sp³-hybridized carbons (Fsp3) is 0.389. The first-order valence-electron chi connectivity index (χ1n) is 7.95. The summed E-state index contributed by atoms with van der Waals surface area (Å²) < 4.78 is 10.1. The smallest absolute Gasteiger partial charge is 0.336 e. The van der Waals surface area contributed by atoms with Crippen molar-refractivity contribution in [1.82, 2.24) is 0 Å². The number of hydrogen-bond acceptors (Lipinski definition) is 5. The maximum atomic E-state index is 12.2. The summed E-state index contributed by atoms with van der Waals surface area (Å²) in [7, 11) is 0. The highest BCUT2D eigenvalue weighted by Gasteiger charge is 2.26. The van der Waals surface area contributed by atoms with E-state index in [1.807, 2.05) is 19.9 Å². The third-order valence-corrected chi connectivity index (χ3v) is 4.33. The number of rotatable bonds is 4. The molecule has 1 atom stereocenters. The van der Waals surface area contributed by atoms with Gasteiger partial charge in [0.1, 0.15) is 5.58 Å². The van der Waals surface area contributed by atoms with Gasteiger partial charge < -0.3 is 14.5 Å². The van der Waals surface area contributed by atoms with Crippen molar-refractivity contribution < 1.29 is 18.7 Å². The van der Waals surface area contributed by atoms with Gasteiger partial charge >= 0.3 is 11.6 Å². The average Bonchev–Trinajstić information content (AvgIpc) is 2.92. The third-order valence-electron chi connectivity index (χ3n) is 4.33. The number of amides is 1. The molecule has 2 aromatic rings. The summed E-state index contributed by atoms with van der Waals surface area (Å²) in [6, 6.07) is 4.98. The van der Waals surface area contributed by atoms with Crippen LogP contribution in [0.1, 0.15) is 30.4 Å². The standard InChI is InChI=1S/C18H19NO5/c1-10-8-17(21)24-15-7-11(2)14(9-13(10)15)19-16(20)4-3-12-5-6-23-18(12)22/h7-9,12H,3-6H2,1-2H3,(H,19,20). The summed E-state index contributed by atoms with van der Waals surface area (Å²) in [5.74, 6) is -0.535. The molecule has 1 amide bonds. The lowest BCUT2D eigenvalue weighted by molar-refractivity contribution is -0.141. The van der Waals surface area contributed by atoms with Crippen LogP contribution in [-0.2, 0) is 14.3 Å². The van der Waals surface area contributed by atoms with Crippen LogP contribution in [0.15, 0.2) is 27.4 Å². The van der Waals surface area contributed by atoms with Gasteiger partial charge in [0.2, 0.25) is 5.91 Å². The van der Waals surface area contributed by atoms with E-state index in [2.05, 4.69) is 5.32 Å². The normalized spacial score (nSPS) is 17.1. The summed E-state index contributed by atoms with van der Waals surface area (Å²) in [5.41, 5.74) is 2.40. The number of ether oxygens (including phenoxy) is 1. The van der Waals surface area contributed by atoms with Gasteiger partial charge in [-0.1, -0.05) is 0 Å². The minimum absolute atomic E-state index is 0.146. The van der Waals surface area contributed by atoms with E-state index >= 15 is 0 Å². The zero-order valence-corrected chi connectivity index (χ0v) is 13.7. The SMILES string of the molecule is Cc1cc2oc(=O)cc(C)c2cc1NC(=O)CCC1CCOC1=O. The van der Waals surface area contributed by atoms with Crippen molar-refractivity contribution in [2.75, 3.05) is 11.9 Å². The second-order valence-corrected chi connectivity index (χ2v) is 6.15. The Balaban J connectivity index is 1.74. The van der Waals surface area contributed by atoms with E-state index in [4.69, 9.17) is 9.15 Å². The molecule has 6 heteroatoms. The van der Waals surface area contributed by atoms with Crippen LogP contribution in [-0.4, -0.2) is 18.5 Å². The molecule has 24 heavy (non-hydrogen) atoms. The second kappa shape index (κ2) is 6.47. The largest absolute Gasteiger partial charge is 0.465 e. The number of anilines is 1. The quantitative estimate of drug-likeness (QED) is 0.688. The summed E-state index contributed by atoms with van der Waals surface area (Å²) in [6.07, 6.45) is 1.44. The van der Waals surface area contributed by atoms with Crippen LogP contribution in [0.25, 0.3) is 11.0 Å². The first-order valence-corrected chi connectivity index (χ1v) is 7.95. The highest BCUT2D eigenvalue weighted by atomic mass is 16.5. The van der Waals surface area contributed by atoms with E-state index in [1.165, 1.54) is 6.07 Å². The van der Waals surface area contributed by atoms with Crippen molar-refractivity contribution >= 4 is 28.5 Å². The van der Waals surface area contributed by atoms with Crippen LogP contribution in [0.5, 0.6) is 0 Å². The molecule has 1 aromatic heterocycles. The summed E-state index contributed by atoms with van der Waals surface area (Å²) in [6.45, 7) is 4.11. The molecule has 126 valence electrons. The average molecular weight is 329 g/mol. The van der Waals surface area contributed by atoms with Gasteiger partial charge in [-0.2, -0.15) is 0 Å². The fourth-order valence-electron chi connectivity index (χ4n) is 2.92. The number of hydrogen-bond donors (Lipinski definition) is 1. The molecule has 1 aromatic carbocycles. The second-order valence-electron chi connectivity index (χ2n) is 6.15. The van der Waals surface area contributed by atoms with Crippen molar-refractivity contribution in [2.24, 2.45) is 5.92 Å². The highest BCUT2D eigenvalue weighted by molar-refractivity contribution is 5.95. The number of nitrogens with one attached hydrogen (secondary N) is 1. The lowest BCUT2D eigenvalue weighted by Crippen LogP contribution is -2.16. The lowest BCUT2D eigenvalue weighted by atomic mass is 10.0. The molecule has 1 aliphatic heterocycles. The molecule has 6 nitrogen and oxygen atoms in total. The topological polar surface area (TPSA) is 85.6 Å². The predicted octanol–water partition coefficient (Wildman–Crippen LogP) is 2.69. The molecule has 2 heterocycles. The number of cyclic esters (lactones) is 1. The van der Waals surface area contributed by atoms with Crippen LogP contribution < -0.4 is 10.9 Å². The fourth-order valence-corrected chi connectivity index (χ4v) is 2.92. The molecule has 0 spiro atoms. The van der Waals surface area contributed by atoms with Gasteiger partial charge in [-0.25, -0.2) is 4.79 Å². The number of aryl methyl sites for hydroxylation is 2. The van der Waals surface area contributed by atoms with E-state index in [-0.39, 0.29) is 29.8 Å². The first kappa shape index (κ1) is 16.2. The Labute approximate surface area is 138 Å². The maximum absolute atomic E-state index is 12.2. The Morgan fingerprint density at radius 1 is 1.21 bits per heavy atom. The molecule has 1 aliphatic rings. The van der Waals surface area contributed by atoms with E-state index in [0.717, 1.165) is 16.5 Å². The Hall–Kier alpha value is -2.63. The molecule has 0 aliphatic carbocycles. The monoisotopic (exact) mass is 329 g/mol. The van der Waals surface area contributed by atoms with E-state index in [9.17, 15) is 14.4 Å². The maximum Gasteiger partial charge on any atom is 0.336 e. The van der Waals surface area contributed by atoms with Crippen molar-refractivity contribution in [1.29, 1.82) is 0 Å². The van der Waals surface area contributed by atoms with Gasteiger partial charge in [-0.15, -0.1) is 0 Å². The molecular weight excluding hydrogens is 310 g/mol. The Bertz CT molecular complexity index is 868.